The molecule has 14 heteroatoms. The molecule has 0 atom stereocenters. The Kier molecular flexibility index (Phi) is 7.17. The molecule has 0 fully saturated rings. The van der Waals surface area contributed by atoms with Crippen molar-refractivity contribution >= 4 is 45.6 Å². The fourth-order valence-corrected chi connectivity index (χ4v) is 2.75. The number of anilines is 2. The van der Waals surface area contributed by atoms with Crippen molar-refractivity contribution in [2.24, 2.45) is 0 Å². The van der Waals surface area contributed by atoms with Gasteiger partial charge in [0, 0.05) is 33.8 Å². The molecule has 36 heavy (non-hydrogen) atoms. The van der Waals surface area contributed by atoms with Crippen molar-refractivity contribution in [1.82, 2.24) is 10.3 Å². The number of nitrogens with zero attached hydrogens (tertiary/aromatic N) is 4. The van der Waals surface area contributed by atoms with Gasteiger partial charge in [-0.2, -0.15) is 0 Å². The molecule has 2 amide bonds. The zero-order valence-corrected chi connectivity index (χ0v) is 20.5. The Morgan fingerprint density at radius 2 is 1.22 bits per heavy atom. The van der Waals surface area contributed by atoms with Crippen LogP contribution in [0.3, 0.4) is 0 Å². The molecule has 2 N–H and O–H groups in total. The van der Waals surface area contributed by atoms with Crippen LogP contribution in [-0.2, 0) is 9.47 Å². The molecule has 0 aliphatic rings. The molecule has 0 saturated carbocycles. The predicted octanol–water partition coefficient (Wildman–Crippen LogP) is 3.62. The molecular formula is C22H26N6O8. The molecule has 0 aliphatic heterocycles. The van der Waals surface area contributed by atoms with E-state index >= 15 is 0 Å². The van der Waals surface area contributed by atoms with Gasteiger partial charge in [-0.05, 0) is 75.6 Å². The molecular weight excluding hydrogens is 476 g/mol. The molecule has 4 rings (SSSR count). The lowest BCUT2D eigenvalue weighted by Crippen LogP contribution is -2.27. The minimum absolute atomic E-state index is 0.239. The largest absolute Gasteiger partial charge is 0.444 e. The Morgan fingerprint density at radius 3 is 1.78 bits per heavy atom. The maximum Gasteiger partial charge on any atom is 0.412 e. The van der Waals surface area contributed by atoms with E-state index in [0.29, 0.717) is 32.8 Å². The number of carbonyl (C=O) groups is 2. The van der Waals surface area contributed by atoms with Crippen LogP contribution in [0.4, 0.5) is 21.0 Å². The van der Waals surface area contributed by atoms with E-state index in [1.54, 1.807) is 59.7 Å². The van der Waals surface area contributed by atoms with Gasteiger partial charge in [0.05, 0.1) is 0 Å². The summed E-state index contributed by atoms with van der Waals surface area (Å²) in [6.07, 6.45) is -1.16. The van der Waals surface area contributed by atoms with Crippen molar-refractivity contribution in [1.29, 1.82) is 0 Å². The Balaban J connectivity index is 0.000000201. The number of hydrogen-bond acceptors (Lipinski definition) is 10. The molecule has 4 aromatic rings. The van der Waals surface area contributed by atoms with Crippen LogP contribution in [0.1, 0.15) is 41.5 Å². The maximum absolute atomic E-state index is 11.5. The van der Waals surface area contributed by atoms with E-state index in [4.69, 9.17) is 9.47 Å². The zero-order chi connectivity index (χ0) is 26.7. The van der Waals surface area contributed by atoms with Crippen LogP contribution in [0, 0.1) is 10.4 Å². The highest BCUT2D eigenvalue weighted by Crippen LogP contribution is 2.17. The molecule has 2 heterocycles. The summed E-state index contributed by atoms with van der Waals surface area (Å²) in [7, 11) is 0. The summed E-state index contributed by atoms with van der Waals surface area (Å²) in [6.45, 7) is 10.6. The van der Waals surface area contributed by atoms with Gasteiger partial charge in [0.25, 0.3) is 5.52 Å². The summed E-state index contributed by atoms with van der Waals surface area (Å²) in [4.78, 5) is 23.6. The molecule has 0 radical (unpaired) electrons. The van der Waals surface area contributed by atoms with Crippen LogP contribution in [0.5, 0.6) is 0 Å². The first kappa shape index (κ1) is 26.0. The Morgan fingerprint density at radius 1 is 0.750 bits per heavy atom. The van der Waals surface area contributed by atoms with Crippen LogP contribution in [0.25, 0.3) is 22.1 Å². The lowest BCUT2D eigenvalue weighted by Gasteiger charge is -2.19. The first-order valence-corrected chi connectivity index (χ1v) is 10.7. The summed E-state index contributed by atoms with van der Waals surface area (Å²) in [5.74, 6) is 0. The Hall–Kier alpha value is -4.62. The minimum Gasteiger partial charge on any atom is -0.444 e. The van der Waals surface area contributed by atoms with Gasteiger partial charge in [-0.3, -0.25) is 19.9 Å². The van der Waals surface area contributed by atoms with E-state index in [9.17, 15) is 20.0 Å². The quantitative estimate of drug-likeness (QED) is 0.384. The van der Waals surface area contributed by atoms with Gasteiger partial charge in [0.15, 0.2) is 0 Å². The molecule has 0 saturated heterocycles. The summed E-state index contributed by atoms with van der Waals surface area (Å²) < 4.78 is 19.0. The second kappa shape index (κ2) is 9.93. The molecule has 14 nitrogen and oxygen atoms in total. The number of nitrogens with one attached hydrogen (secondary N) is 2. The maximum atomic E-state index is 11.5. The van der Waals surface area contributed by atoms with Gasteiger partial charge >= 0.3 is 12.2 Å². The number of rotatable bonds is 2. The summed E-state index contributed by atoms with van der Waals surface area (Å²) in [5.41, 5.74) is 1.08. The van der Waals surface area contributed by atoms with Crippen LogP contribution < -0.4 is 20.4 Å². The highest BCUT2D eigenvalue weighted by Gasteiger charge is 2.18. The number of amides is 2. The third-order valence-corrected chi connectivity index (χ3v) is 4.06. The highest BCUT2D eigenvalue weighted by atomic mass is 16.8. The van der Waals surface area contributed by atoms with Crippen molar-refractivity contribution in [3.63, 3.8) is 0 Å². The van der Waals surface area contributed by atoms with E-state index in [2.05, 4.69) is 30.2 Å². The Bertz CT molecular complexity index is 1380. The second-order valence-corrected chi connectivity index (χ2v) is 9.52. The van der Waals surface area contributed by atoms with E-state index < -0.39 is 23.4 Å². The molecule has 0 spiro atoms. The number of carbonyl (C=O) groups excluding carboxylic acids is 2. The number of hydrogen-bond donors (Lipinski definition) is 2. The van der Waals surface area contributed by atoms with Gasteiger partial charge in [0.2, 0.25) is 16.6 Å². The summed E-state index contributed by atoms with van der Waals surface area (Å²) in [5, 5.41) is 34.4. The van der Waals surface area contributed by atoms with Gasteiger partial charge in [-0.25, -0.2) is 9.59 Å². The molecule has 192 valence electrons. The van der Waals surface area contributed by atoms with Crippen molar-refractivity contribution in [3.05, 3.63) is 46.8 Å². The van der Waals surface area contributed by atoms with Gasteiger partial charge < -0.3 is 19.9 Å². The smallest absolute Gasteiger partial charge is 0.412 e. The summed E-state index contributed by atoms with van der Waals surface area (Å²) >= 11 is 0. The number of benzene rings is 2. The van der Waals surface area contributed by atoms with Crippen LogP contribution in [0.2, 0.25) is 0 Å². The van der Waals surface area contributed by atoms with Gasteiger partial charge in [-0.15, -0.1) is 0 Å². The molecule has 0 bridgehead atoms. The van der Waals surface area contributed by atoms with E-state index in [1.807, 2.05) is 0 Å². The first-order chi connectivity index (χ1) is 16.7. The van der Waals surface area contributed by atoms with Crippen LogP contribution >= 0.6 is 0 Å². The zero-order valence-electron chi connectivity index (χ0n) is 20.5. The van der Waals surface area contributed by atoms with Crippen molar-refractivity contribution in [2.75, 3.05) is 10.6 Å². The van der Waals surface area contributed by atoms with E-state index in [0.717, 1.165) is 0 Å². The predicted molar refractivity (Wildman–Crippen MR) is 126 cm³/mol. The van der Waals surface area contributed by atoms with Crippen LogP contribution in [0.15, 0.2) is 45.7 Å². The lowest BCUT2D eigenvalue weighted by atomic mass is 10.2. The number of aromatic nitrogens is 4. The van der Waals surface area contributed by atoms with Crippen molar-refractivity contribution < 1.29 is 38.1 Å². The Labute approximate surface area is 204 Å². The lowest BCUT2D eigenvalue weighted by molar-refractivity contribution is -0.782. The fourth-order valence-electron chi connectivity index (χ4n) is 2.75. The molecule has 2 aromatic carbocycles. The second-order valence-electron chi connectivity index (χ2n) is 9.52. The average Bonchev–Trinajstić information content (AvgIpc) is 3.28. The third kappa shape index (κ3) is 7.19. The molecule has 0 aliphatic carbocycles. The van der Waals surface area contributed by atoms with Crippen LogP contribution in [-0.4, -0.2) is 33.7 Å². The fraction of sp³-hybridized carbons (Fsp3) is 0.364. The minimum atomic E-state index is -0.587. The molecule has 0 unspecified atom stereocenters. The number of fused-ring (bicyclic) bond motifs is 2. The van der Waals surface area contributed by atoms with Crippen molar-refractivity contribution in [3.8, 4) is 0 Å². The van der Waals surface area contributed by atoms with Gasteiger partial charge in [0.1, 0.15) is 11.2 Å². The van der Waals surface area contributed by atoms with E-state index in [1.165, 1.54) is 18.2 Å². The van der Waals surface area contributed by atoms with Crippen molar-refractivity contribution in [2.45, 2.75) is 52.7 Å². The van der Waals surface area contributed by atoms with E-state index in [-0.39, 0.29) is 10.4 Å². The SMILES string of the molecule is CC(C)(C)OC(=O)Nc1ccc2c(c1)no[n+]2[O-].CC(C)(C)OC(=O)Nc1ccc2no[n+]([O-])c2c1. The normalized spacial score (nSPS) is 11.5. The topological polar surface area (TPSA) is 183 Å². The summed E-state index contributed by atoms with van der Waals surface area (Å²) in [6, 6.07) is 9.23. The number of ether oxygens (including phenoxy) is 2. The van der Waals surface area contributed by atoms with Gasteiger partial charge in [-0.1, -0.05) is 0 Å². The monoisotopic (exact) mass is 502 g/mol. The average molecular weight is 502 g/mol. The third-order valence-electron chi connectivity index (χ3n) is 4.06. The highest BCUT2D eigenvalue weighted by molar-refractivity contribution is 5.88. The standard InChI is InChI=1S/2C11H13N3O4/c1-11(2,3)17-10(15)12-7-4-5-9-8(6-7)13-18-14(9)16;1-11(2,3)17-10(15)12-7-4-5-8-9(6-7)14(16)18-13-8/h2*4-6H,1-3H3,(H,12,15). The first-order valence-electron chi connectivity index (χ1n) is 10.7. The molecule has 2 aromatic heterocycles.